The van der Waals surface area contributed by atoms with Crippen molar-refractivity contribution in [2.45, 2.75) is 24.2 Å². The van der Waals surface area contributed by atoms with E-state index >= 15 is 0 Å². The number of alkyl halides is 2. The van der Waals surface area contributed by atoms with E-state index in [9.17, 15) is 8.78 Å². The molecule has 13 heavy (non-hydrogen) atoms. The minimum atomic E-state index is -0.745. The van der Waals surface area contributed by atoms with Gasteiger partial charge in [-0.25, -0.2) is 8.78 Å². The van der Waals surface area contributed by atoms with Crippen LogP contribution in [0.3, 0.4) is 0 Å². The first kappa shape index (κ1) is 13.8. The SMILES string of the molecule is CCC(I)/C(I)=C(C)\C(F)=C/CF. The van der Waals surface area contributed by atoms with Gasteiger partial charge in [0.05, 0.1) is 0 Å². The van der Waals surface area contributed by atoms with Crippen molar-refractivity contribution in [2.24, 2.45) is 0 Å². The highest BCUT2D eigenvalue weighted by molar-refractivity contribution is 14.1. The summed E-state index contributed by atoms with van der Waals surface area (Å²) in [4.78, 5) is 0. The normalized spacial score (nSPS) is 16.9. The van der Waals surface area contributed by atoms with Gasteiger partial charge in [0.25, 0.3) is 0 Å². The van der Waals surface area contributed by atoms with Gasteiger partial charge in [0, 0.05) is 7.50 Å². The second-order valence-electron chi connectivity index (χ2n) is 2.56. The van der Waals surface area contributed by atoms with Crippen LogP contribution in [-0.2, 0) is 0 Å². The van der Waals surface area contributed by atoms with Crippen molar-refractivity contribution in [3.63, 3.8) is 0 Å². The minimum Gasteiger partial charge on any atom is -0.246 e. The van der Waals surface area contributed by atoms with Gasteiger partial charge in [-0.05, 0) is 47.6 Å². The molecule has 0 fully saturated rings. The van der Waals surface area contributed by atoms with Crippen LogP contribution in [0.4, 0.5) is 8.78 Å². The third kappa shape index (κ3) is 4.71. The van der Waals surface area contributed by atoms with E-state index < -0.39 is 12.5 Å². The molecule has 0 bridgehead atoms. The van der Waals surface area contributed by atoms with E-state index in [2.05, 4.69) is 45.2 Å². The standard InChI is InChI=1S/C9H12F2I2/c1-3-8(12)9(13)6(2)7(11)4-5-10/h4,8H,3,5H2,1-2H3/b7-4+,9-6+. The van der Waals surface area contributed by atoms with Gasteiger partial charge in [-0.2, -0.15) is 0 Å². The summed E-state index contributed by atoms with van der Waals surface area (Å²) in [6.45, 7) is 2.98. The number of halogens is 4. The Morgan fingerprint density at radius 3 is 2.46 bits per heavy atom. The van der Waals surface area contributed by atoms with E-state index in [0.717, 1.165) is 16.1 Å². The highest BCUT2D eigenvalue weighted by Gasteiger charge is 2.11. The zero-order valence-corrected chi connectivity index (χ0v) is 11.9. The Bertz CT molecular complexity index is 222. The second kappa shape index (κ2) is 7.14. The lowest BCUT2D eigenvalue weighted by atomic mass is 10.2. The highest BCUT2D eigenvalue weighted by Crippen LogP contribution is 2.29. The predicted molar refractivity (Wildman–Crippen MR) is 70.0 cm³/mol. The van der Waals surface area contributed by atoms with Crippen LogP contribution in [0.25, 0.3) is 0 Å². The summed E-state index contributed by atoms with van der Waals surface area (Å²) in [5.41, 5.74) is 0.555. The highest BCUT2D eigenvalue weighted by atomic mass is 127. The summed E-state index contributed by atoms with van der Waals surface area (Å²) in [5.74, 6) is -0.443. The summed E-state index contributed by atoms with van der Waals surface area (Å²) in [7, 11) is 0. The fourth-order valence-electron chi connectivity index (χ4n) is 0.749. The van der Waals surface area contributed by atoms with Crippen molar-refractivity contribution < 1.29 is 8.78 Å². The molecule has 0 aromatic heterocycles. The van der Waals surface area contributed by atoms with Crippen molar-refractivity contribution in [3.8, 4) is 0 Å². The van der Waals surface area contributed by atoms with E-state index in [-0.39, 0.29) is 0 Å². The molecule has 0 aliphatic rings. The first-order chi connectivity index (χ1) is 6.04. The molecule has 76 valence electrons. The smallest absolute Gasteiger partial charge is 0.125 e. The second-order valence-corrected chi connectivity index (χ2v) is 5.22. The average molecular weight is 412 g/mol. The molecule has 0 nitrogen and oxygen atoms in total. The Kier molecular flexibility index (Phi) is 7.58. The molecule has 1 unspecified atom stereocenters. The van der Waals surface area contributed by atoms with E-state index in [1.165, 1.54) is 0 Å². The van der Waals surface area contributed by atoms with Gasteiger partial charge >= 0.3 is 0 Å². The average Bonchev–Trinajstić information content (AvgIpc) is 2.14. The molecular formula is C9H12F2I2. The monoisotopic (exact) mass is 412 g/mol. The van der Waals surface area contributed by atoms with E-state index in [1.54, 1.807) is 6.92 Å². The van der Waals surface area contributed by atoms with Crippen molar-refractivity contribution in [1.82, 2.24) is 0 Å². The van der Waals surface area contributed by atoms with Crippen LogP contribution in [0, 0.1) is 0 Å². The molecule has 0 heterocycles. The fraction of sp³-hybridized carbons (Fsp3) is 0.556. The lowest BCUT2D eigenvalue weighted by Gasteiger charge is -2.09. The van der Waals surface area contributed by atoms with Crippen LogP contribution in [0.5, 0.6) is 0 Å². The topological polar surface area (TPSA) is 0 Å². The zero-order valence-electron chi connectivity index (χ0n) is 7.58. The Labute approximate surface area is 105 Å². The Morgan fingerprint density at radius 1 is 1.54 bits per heavy atom. The third-order valence-corrected chi connectivity index (χ3v) is 5.86. The molecule has 0 aromatic rings. The summed E-state index contributed by atoms with van der Waals surface area (Å²) >= 11 is 4.37. The molecule has 0 radical (unpaired) electrons. The van der Waals surface area contributed by atoms with Crippen LogP contribution >= 0.6 is 45.2 Å². The molecule has 0 saturated heterocycles. The van der Waals surface area contributed by atoms with Crippen molar-refractivity contribution in [1.29, 1.82) is 0 Å². The lowest BCUT2D eigenvalue weighted by Crippen LogP contribution is -1.97. The maximum absolute atomic E-state index is 13.1. The quantitative estimate of drug-likeness (QED) is 0.356. The molecule has 0 amide bonds. The van der Waals surface area contributed by atoms with Gasteiger partial charge in [0.1, 0.15) is 12.5 Å². The molecule has 1 atom stereocenters. The Balaban J connectivity index is 4.70. The van der Waals surface area contributed by atoms with Gasteiger partial charge < -0.3 is 0 Å². The van der Waals surface area contributed by atoms with Gasteiger partial charge in [-0.1, -0.05) is 29.5 Å². The predicted octanol–water partition coefficient (Wildman–Crippen LogP) is 4.73. The van der Waals surface area contributed by atoms with Gasteiger partial charge in [0.15, 0.2) is 0 Å². The van der Waals surface area contributed by atoms with Crippen molar-refractivity contribution in [2.75, 3.05) is 6.67 Å². The lowest BCUT2D eigenvalue weighted by molar-refractivity contribution is 0.545. The number of rotatable bonds is 4. The molecule has 0 spiro atoms. The summed E-state index contributed by atoms with van der Waals surface area (Å²) < 4.78 is 26.2. The summed E-state index contributed by atoms with van der Waals surface area (Å²) in [6, 6.07) is 0. The van der Waals surface area contributed by atoms with E-state index in [1.807, 2.05) is 6.92 Å². The maximum Gasteiger partial charge on any atom is 0.125 e. The van der Waals surface area contributed by atoms with Crippen molar-refractivity contribution in [3.05, 3.63) is 21.1 Å². The summed E-state index contributed by atoms with van der Waals surface area (Å²) in [6.07, 6.45) is 1.92. The largest absolute Gasteiger partial charge is 0.246 e. The molecular weight excluding hydrogens is 400 g/mol. The molecule has 0 rings (SSSR count). The van der Waals surface area contributed by atoms with Crippen LogP contribution in [0.1, 0.15) is 20.3 Å². The fourth-order valence-corrected chi connectivity index (χ4v) is 1.91. The van der Waals surface area contributed by atoms with Gasteiger partial charge in [0.2, 0.25) is 0 Å². The number of allylic oxidation sites excluding steroid dienone is 4. The van der Waals surface area contributed by atoms with E-state index in [4.69, 9.17) is 0 Å². The first-order valence-electron chi connectivity index (χ1n) is 3.96. The number of hydrogen-bond acceptors (Lipinski definition) is 0. The Hall–Kier alpha value is 0.800. The maximum atomic E-state index is 13.1. The molecule has 0 N–H and O–H groups in total. The van der Waals surface area contributed by atoms with Gasteiger partial charge in [-0.15, -0.1) is 0 Å². The minimum absolute atomic E-state index is 0.317. The van der Waals surface area contributed by atoms with Crippen LogP contribution in [-0.4, -0.2) is 10.6 Å². The van der Waals surface area contributed by atoms with Crippen LogP contribution < -0.4 is 0 Å². The molecule has 0 aliphatic carbocycles. The summed E-state index contributed by atoms with van der Waals surface area (Å²) in [5, 5.41) is 0. The molecule has 0 saturated carbocycles. The van der Waals surface area contributed by atoms with Crippen LogP contribution in [0.15, 0.2) is 21.1 Å². The van der Waals surface area contributed by atoms with E-state index in [0.29, 0.717) is 9.50 Å². The van der Waals surface area contributed by atoms with Crippen molar-refractivity contribution >= 4 is 45.2 Å². The van der Waals surface area contributed by atoms with Gasteiger partial charge in [-0.3, -0.25) is 0 Å². The number of hydrogen-bond donors (Lipinski definition) is 0. The molecule has 0 aliphatic heterocycles. The third-order valence-electron chi connectivity index (χ3n) is 1.61. The zero-order chi connectivity index (χ0) is 10.4. The molecule has 4 heteroatoms. The first-order valence-corrected chi connectivity index (χ1v) is 6.29. The molecule has 0 aromatic carbocycles. The van der Waals surface area contributed by atoms with Crippen LogP contribution in [0.2, 0.25) is 0 Å². The Morgan fingerprint density at radius 2 is 2.08 bits per heavy atom.